The van der Waals surface area contributed by atoms with Gasteiger partial charge in [-0.15, -0.1) is 0 Å². The van der Waals surface area contributed by atoms with Crippen LogP contribution in [0.25, 0.3) is 10.8 Å². The second-order valence-corrected chi connectivity index (χ2v) is 4.32. The molecule has 0 spiro atoms. The van der Waals surface area contributed by atoms with E-state index in [1.54, 1.807) is 0 Å². The quantitative estimate of drug-likeness (QED) is 0.490. The Hall–Kier alpha value is -2.53. The highest BCUT2D eigenvalue weighted by Crippen LogP contribution is 2.14. The number of nitrogens with zero attached hydrogens (tertiary/aromatic N) is 1. The average Bonchev–Trinajstić information content (AvgIpc) is 2.78. The molecular weight excluding hydrogens is 258 g/mol. The second kappa shape index (κ2) is 6.08. The third-order valence-electron chi connectivity index (χ3n) is 2.93. The molecular formula is C15H13NO4. The monoisotopic (exact) mass is 271 g/mol. The van der Waals surface area contributed by atoms with Crippen LogP contribution < -0.4 is 0 Å². The van der Waals surface area contributed by atoms with Crippen LogP contribution in [0.3, 0.4) is 0 Å². The van der Waals surface area contributed by atoms with Gasteiger partial charge in [-0.25, -0.2) is 0 Å². The summed E-state index contributed by atoms with van der Waals surface area (Å²) >= 11 is 0. The van der Waals surface area contributed by atoms with Gasteiger partial charge in [0.2, 0.25) is 0 Å². The Morgan fingerprint density at radius 2 is 1.55 bits per heavy atom. The van der Waals surface area contributed by atoms with Gasteiger partial charge in [0.15, 0.2) is 0 Å². The fourth-order valence-corrected chi connectivity index (χ4v) is 1.85. The van der Waals surface area contributed by atoms with Gasteiger partial charge in [0, 0.05) is 18.4 Å². The molecule has 1 aliphatic heterocycles. The fourth-order valence-electron chi connectivity index (χ4n) is 1.85. The SMILES string of the molecule is O=C1CCC(=O)N1O.O=Cc1ccc2ccccc2c1. The fraction of sp³-hybridized carbons (Fsp3) is 0.133. The van der Waals surface area contributed by atoms with Crippen LogP contribution in [-0.4, -0.2) is 28.4 Å². The van der Waals surface area contributed by atoms with Gasteiger partial charge in [-0.1, -0.05) is 36.4 Å². The standard InChI is InChI=1S/C11H8O.C4H5NO3/c12-8-9-5-6-10-3-1-2-4-11(10)7-9;6-3-1-2-4(7)5(3)8/h1-8H;8H,1-2H2. The number of rotatable bonds is 1. The Morgan fingerprint density at radius 3 is 2.05 bits per heavy atom. The maximum absolute atomic E-state index is 10.5. The maximum Gasteiger partial charge on any atom is 0.253 e. The van der Waals surface area contributed by atoms with E-state index in [2.05, 4.69) is 0 Å². The Balaban J connectivity index is 0.000000160. The largest absolute Gasteiger partial charge is 0.298 e. The molecule has 3 rings (SSSR count). The van der Waals surface area contributed by atoms with Crippen molar-refractivity contribution in [3.05, 3.63) is 48.0 Å². The Bertz CT molecular complexity index is 650. The summed E-state index contributed by atoms with van der Waals surface area (Å²) in [6.07, 6.45) is 1.16. The number of fused-ring (bicyclic) bond motifs is 1. The number of carbonyl (C=O) groups excluding carboxylic acids is 3. The molecule has 2 amide bonds. The molecule has 2 aromatic rings. The van der Waals surface area contributed by atoms with Crippen molar-refractivity contribution < 1.29 is 19.6 Å². The zero-order valence-electron chi connectivity index (χ0n) is 10.7. The minimum Gasteiger partial charge on any atom is -0.298 e. The Morgan fingerprint density at radius 1 is 0.950 bits per heavy atom. The Labute approximate surface area is 115 Å². The molecule has 5 heteroatoms. The molecule has 0 unspecified atom stereocenters. The van der Waals surface area contributed by atoms with E-state index >= 15 is 0 Å². The molecule has 0 atom stereocenters. The van der Waals surface area contributed by atoms with Gasteiger partial charge in [0.25, 0.3) is 11.8 Å². The van der Waals surface area contributed by atoms with Gasteiger partial charge in [-0.05, 0) is 16.8 Å². The molecule has 20 heavy (non-hydrogen) atoms. The molecule has 5 nitrogen and oxygen atoms in total. The summed E-state index contributed by atoms with van der Waals surface area (Å²) in [4.78, 5) is 30.9. The molecule has 102 valence electrons. The number of hydroxylamine groups is 2. The molecule has 2 aromatic carbocycles. The molecule has 1 saturated heterocycles. The highest BCUT2D eigenvalue weighted by atomic mass is 16.5. The van der Waals surface area contributed by atoms with E-state index in [0.29, 0.717) is 0 Å². The van der Waals surface area contributed by atoms with Crippen molar-refractivity contribution in [1.82, 2.24) is 5.06 Å². The number of aldehydes is 1. The van der Waals surface area contributed by atoms with E-state index in [1.165, 1.54) is 5.39 Å². The van der Waals surface area contributed by atoms with Crippen LogP contribution in [0.4, 0.5) is 0 Å². The summed E-state index contributed by atoms with van der Waals surface area (Å²) < 4.78 is 0. The summed E-state index contributed by atoms with van der Waals surface area (Å²) in [5.41, 5.74) is 0.730. The lowest BCUT2D eigenvalue weighted by Gasteiger charge is -1.98. The average molecular weight is 271 g/mol. The molecule has 0 saturated carbocycles. The maximum atomic E-state index is 10.5. The topological polar surface area (TPSA) is 74.7 Å². The molecule has 0 aliphatic carbocycles. The first-order valence-electron chi connectivity index (χ1n) is 6.10. The van der Waals surface area contributed by atoms with Crippen molar-refractivity contribution in [2.24, 2.45) is 0 Å². The smallest absolute Gasteiger partial charge is 0.253 e. The van der Waals surface area contributed by atoms with E-state index in [1.807, 2.05) is 42.5 Å². The molecule has 1 fully saturated rings. The highest BCUT2D eigenvalue weighted by molar-refractivity contribution is 6.00. The second-order valence-electron chi connectivity index (χ2n) is 4.32. The van der Waals surface area contributed by atoms with E-state index in [-0.39, 0.29) is 17.9 Å². The number of hydrogen-bond donors (Lipinski definition) is 1. The number of hydrogen-bond acceptors (Lipinski definition) is 4. The zero-order chi connectivity index (χ0) is 14.5. The van der Waals surface area contributed by atoms with Crippen molar-refractivity contribution >= 4 is 28.9 Å². The molecule has 1 N–H and O–H groups in total. The first-order chi connectivity index (χ1) is 9.61. The first-order valence-corrected chi connectivity index (χ1v) is 6.10. The van der Waals surface area contributed by atoms with Gasteiger partial charge in [0.1, 0.15) is 6.29 Å². The van der Waals surface area contributed by atoms with Crippen LogP contribution >= 0.6 is 0 Å². The first kappa shape index (κ1) is 13.9. The number of imide groups is 1. The van der Waals surface area contributed by atoms with Crippen molar-refractivity contribution in [1.29, 1.82) is 0 Å². The lowest BCUT2D eigenvalue weighted by molar-refractivity contribution is -0.171. The van der Waals surface area contributed by atoms with Gasteiger partial charge < -0.3 is 0 Å². The Kier molecular flexibility index (Phi) is 4.22. The summed E-state index contributed by atoms with van der Waals surface area (Å²) in [6, 6.07) is 13.7. The van der Waals surface area contributed by atoms with Crippen molar-refractivity contribution in [3.63, 3.8) is 0 Å². The van der Waals surface area contributed by atoms with Gasteiger partial charge in [0.05, 0.1) is 0 Å². The van der Waals surface area contributed by atoms with E-state index in [0.717, 1.165) is 17.2 Å². The molecule has 1 aliphatic rings. The van der Waals surface area contributed by atoms with Crippen LogP contribution in [0.15, 0.2) is 42.5 Å². The molecule has 0 radical (unpaired) electrons. The van der Waals surface area contributed by atoms with Crippen molar-refractivity contribution in [3.8, 4) is 0 Å². The van der Waals surface area contributed by atoms with E-state index in [9.17, 15) is 14.4 Å². The van der Waals surface area contributed by atoms with Gasteiger partial charge >= 0.3 is 0 Å². The summed E-state index contributed by atoms with van der Waals surface area (Å²) in [5, 5.41) is 10.8. The molecule has 0 bridgehead atoms. The van der Waals surface area contributed by atoms with Crippen LogP contribution in [0.1, 0.15) is 23.2 Å². The normalized spacial score (nSPS) is 14.2. The summed E-state index contributed by atoms with van der Waals surface area (Å²) in [7, 11) is 0. The predicted octanol–water partition coefficient (Wildman–Crippen LogP) is 2.18. The van der Waals surface area contributed by atoms with Gasteiger partial charge in [-0.3, -0.25) is 19.6 Å². The zero-order valence-corrected chi connectivity index (χ0v) is 10.7. The number of carbonyl (C=O) groups is 3. The minimum atomic E-state index is -0.505. The summed E-state index contributed by atoms with van der Waals surface area (Å²) in [5.74, 6) is -1.01. The van der Waals surface area contributed by atoms with Crippen LogP contribution in [0.5, 0.6) is 0 Å². The third kappa shape index (κ3) is 3.07. The molecule has 1 heterocycles. The lowest BCUT2D eigenvalue weighted by atomic mass is 10.1. The summed E-state index contributed by atoms with van der Waals surface area (Å²) in [6.45, 7) is 0. The number of benzene rings is 2. The molecule has 0 aromatic heterocycles. The number of amides is 2. The van der Waals surface area contributed by atoms with Crippen molar-refractivity contribution in [2.45, 2.75) is 12.8 Å². The highest BCUT2D eigenvalue weighted by Gasteiger charge is 2.26. The lowest BCUT2D eigenvalue weighted by Crippen LogP contribution is -2.24. The van der Waals surface area contributed by atoms with Crippen LogP contribution in [-0.2, 0) is 9.59 Å². The van der Waals surface area contributed by atoms with Gasteiger partial charge in [-0.2, -0.15) is 5.06 Å². The minimum absolute atomic E-state index is 0.148. The third-order valence-corrected chi connectivity index (χ3v) is 2.93. The van der Waals surface area contributed by atoms with Crippen molar-refractivity contribution in [2.75, 3.05) is 0 Å². The van der Waals surface area contributed by atoms with Crippen LogP contribution in [0, 0.1) is 0 Å². The van der Waals surface area contributed by atoms with Crippen LogP contribution in [0.2, 0.25) is 0 Å². The van der Waals surface area contributed by atoms with E-state index in [4.69, 9.17) is 5.21 Å². The predicted molar refractivity (Wildman–Crippen MR) is 72.2 cm³/mol. The van der Waals surface area contributed by atoms with E-state index < -0.39 is 11.8 Å².